The molecule has 1 nitrogen and oxygen atoms in total. The SMILES string of the molecule is CC1CCCCC1NCC1CSc2ccccc21. The second kappa shape index (κ2) is 5.66. The largest absolute Gasteiger partial charge is 0.313 e. The average Bonchev–Trinajstić information content (AvgIpc) is 2.81. The fourth-order valence-electron chi connectivity index (χ4n) is 3.31. The van der Waals surface area contributed by atoms with Crippen molar-refractivity contribution in [1.29, 1.82) is 0 Å². The van der Waals surface area contributed by atoms with Crippen LogP contribution in [-0.2, 0) is 0 Å². The van der Waals surface area contributed by atoms with Crippen LogP contribution in [0.3, 0.4) is 0 Å². The zero-order valence-corrected chi connectivity index (χ0v) is 12.0. The molecule has 0 spiro atoms. The molecule has 1 aromatic carbocycles. The van der Waals surface area contributed by atoms with Crippen molar-refractivity contribution < 1.29 is 0 Å². The van der Waals surface area contributed by atoms with E-state index in [1.165, 1.54) is 42.9 Å². The predicted octanol–water partition coefficient (Wildman–Crippen LogP) is 4.04. The molecule has 0 bridgehead atoms. The van der Waals surface area contributed by atoms with Crippen LogP contribution < -0.4 is 5.32 Å². The quantitative estimate of drug-likeness (QED) is 0.881. The van der Waals surface area contributed by atoms with Gasteiger partial charge in [-0.2, -0.15) is 0 Å². The van der Waals surface area contributed by atoms with E-state index in [9.17, 15) is 0 Å². The molecule has 0 radical (unpaired) electrons. The van der Waals surface area contributed by atoms with Crippen LogP contribution >= 0.6 is 11.8 Å². The Morgan fingerprint density at radius 3 is 2.94 bits per heavy atom. The number of fused-ring (bicyclic) bond motifs is 1. The van der Waals surface area contributed by atoms with E-state index in [4.69, 9.17) is 0 Å². The zero-order chi connectivity index (χ0) is 12.4. The molecule has 1 aliphatic heterocycles. The summed E-state index contributed by atoms with van der Waals surface area (Å²) in [7, 11) is 0. The van der Waals surface area contributed by atoms with Gasteiger partial charge in [-0.15, -0.1) is 11.8 Å². The topological polar surface area (TPSA) is 12.0 Å². The van der Waals surface area contributed by atoms with Gasteiger partial charge in [0.05, 0.1) is 0 Å². The molecule has 98 valence electrons. The van der Waals surface area contributed by atoms with E-state index in [0.29, 0.717) is 0 Å². The lowest BCUT2D eigenvalue weighted by Gasteiger charge is -2.30. The Kier molecular flexibility index (Phi) is 3.95. The number of hydrogen-bond acceptors (Lipinski definition) is 2. The Bertz CT molecular complexity index is 404. The van der Waals surface area contributed by atoms with E-state index in [1.807, 2.05) is 11.8 Å². The summed E-state index contributed by atoms with van der Waals surface area (Å²) in [5.74, 6) is 2.84. The smallest absolute Gasteiger partial charge is 0.0108 e. The number of rotatable bonds is 3. The highest BCUT2D eigenvalue weighted by molar-refractivity contribution is 7.99. The van der Waals surface area contributed by atoms with Crippen LogP contribution in [-0.4, -0.2) is 18.3 Å². The van der Waals surface area contributed by atoms with Crippen LogP contribution in [0.5, 0.6) is 0 Å². The average molecular weight is 261 g/mol. The minimum Gasteiger partial charge on any atom is -0.313 e. The molecule has 3 atom stereocenters. The first kappa shape index (κ1) is 12.6. The van der Waals surface area contributed by atoms with Gasteiger partial charge in [-0.1, -0.05) is 38.0 Å². The lowest BCUT2D eigenvalue weighted by atomic mass is 9.85. The molecule has 0 amide bonds. The molecule has 1 saturated carbocycles. The van der Waals surface area contributed by atoms with Crippen LogP contribution in [0.15, 0.2) is 29.2 Å². The highest BCUT2D eigenvalue weighted by atomic mass is 32.2. The van der Waals surface area contributed by atoms with Crippen LogP contribution in [0.1, 0.15) is 44.1 Å². The fourth-order valence-corrected chi connectivity index (χ4v) is 4.57. The zero-order valence-electron chi connectivity index (χ0n) is 11.2. The summed E-state index contributed by atoms with van der Waals surface area (Å²) < 4.78 is 0. The molecule has 0 saturated heterocycles. The second-order valence-corrected chi connectivity index (χ2v) is 6.88. The predicted molar refractivity (Wildman–Crippen MR) is 79.3 cm³/mol. The molecule has 3 rings (SSSR count). The van der Waals surface area contributed by atoms with Gasteiger partial charge in [0.15, 0.2) is 0 Å². The molecule has 18 heavy (non-hydrogen) atoms. The summed E-state index contributed by atoms with van der Waals surface area (Å²) in [6.07, 6.45) is 5.63. The van der Waals surface area contributed by atoms with Crippen molar-refractivity contribution in [2.24, 2.45) is 5.92 Å². The maximum absolute atomic E-state index is 3.84. The Balaban J connectivity index is 1.58. The molecule has 1 aromatic rings. The third kappa shape index (κ3) is 2.60. The molecule has 2 heteroatoms. The Labute approximate surface area is 115 Å². The van der Waals surface area contributed by atoms with Crippen LogP contribution in [0.4, 0.5) is 0 Å². The number of nitrogens with one attached hydrogen (secondary N) is 1. The summed E-state index contributed by atoms with van der Waals surface area (Å²) in [6.45, 7) is 3.58. The molecule has 0 aromatic heterocycles. The van der Waals surface area contributed by atoms with Crippen LogP contribution in [0.25, 0.3) is 0 Å². The van der Waals surface area contributed by atoms with E-state index >= 15 is 0 Å². The van der Waals surface area contributed by atoms with E-state index in [-0.39, 0.29) is 0 Å². The van der Waals surface area contributed by atoms with Crippen molar-refractivity contribution in [3.63, 3.8) is 0 Å². The number of thioether (sulfide) groups is 1. The maximum Gasteiger partial charge on any atom is 0.0108 e. The van der Waals surface area contributed by atoms with E-state index in [1.54, 1.807) is 5.56 Å². The minimum absolute atomic E-state index is 0.723. The third-order valence-corrected chi connectivity index (χ3v) is 5.79. The third-order valence-electron chi connectivity index (χ3n) is 4.54. The first-order valence-electron chi connectivity index (χ1n) is 7.29. The van der Waals surface area contributed by atoms with Gasteiger partial charge in [0, 0.05) is 29.2 Å². The van der Waals surface area contributed by atoms with Gasteiger partial charge in [0.1, 0.15) is 0 Å². The summed E-state index contributed by atoms with van der Waals surface area (Å²) in [5.41, 5.74) is 1.57. The lowest BCUT2D eigenvalue weighted by molar-refractivity contribution is 0.278. The molecule has 3 unspecified atom stereocenters. The first-order chi connectivity index (χ1) is 8.84. The number of benzene rings is 1. The van der Waals surface area contributed by atoms with Gasteiger partial charge in [-0.25, -0.2) is 0 Å². The number of hydrogen-bond donors (Lipinski definition) is 1. The van der Waals surface area contributed by atoms with Crippen molar-refractivity contribution >= 4 is 11.8 Å². The maximum atomic E-state index is 3.84. The van der Waals surface area contributed by atoms with Gasteiger partial charge in [0.25, 0.3) is 0 Å². The molecule has 1 N–H and O–H groups in total. The van der Waals surface area contributed by atoms with Gasteiger partial charge in [-0.05, 0) is 30.4 Å². The first-order valence-corrected chi connectivity index (χ1v) is 8.28. The van der Waals surface area contributed by atoms with Crippen molar-refractivity contribution in [1.82, 2.24) is 5.32 Å². The van der Waals surface area contributed by atoms with Crippen molar-refractivity contribution in [2.75, 3.05) is 12.3 Å². The van der Waals surface area contributed by atoms with Crippen molar-refractivity contribution in [3.05, 3.63) is 29.8 Å². The van der Waals surface area contributed by atoms with E-state index in [2.05, 4.69) is 36.5 Å². The molecule has 1 fully saturated rings. The van der Waals surface area contributed by atoms with E-state index < -0.39 is 0 Å². The van der Waals surface area contributed by atoms with Gasteiger partial charge in [0.2, 0.25) is 0 Å². The second-order valence-electron chi connectivity index (χ2n) is 5.82. The highest BCUT2D eigenvalue weighted by Crippen LogP contribution is 2.39. The molecular weight excluding hydrogens is 238 g/mol. The van der Waals surface area contributed by atoms with Gasteiger partial charge in [-0.3, -0.25) is 0 Å². The van der Waals surface area contributed by atoms with Crippen LogP contribution in [0.2, 0.25) is 0 Å². The fraction of sp³-hybridized carbons (Fsp3) is 0.625. The Morgan fingerprint density at radius 2 is 2.06 bits per heavy atom. The molecule has 1 heterocycles. The lowest BCUT2D eigenvalue weighted by Crippen LogP contribution is -2.39. The standard InChI is InChI=1S/C16H23NS/c1-12-6-2-4-8-15(12)17-10-13-11-18-16-9-5-3-7-14(13)16/h3,5,7,9,12-13,15,17H,2,4,6,8,10-11H2,1H3. The Morgan fingerprint density at radius 1 is 1.22 bits per heavy atom. The van der Waals surface area contributed by atoms with Crippen molar-refractivity contribution in [2.45, 2.75) is 49.5 Å². The molecule has 1 aliphatic carbocycles. The Hall–Kier alpha value is -0.470. The normalized spacial score (nSPS) is 31.3. The summed E-state index contributed by atoms with van der Waals surface area (Å²) >= 11 is 2.02. The molecule has 2 aliphatic rings. The van der Waals surface area contributed by atoms with E-state index in [0.717, 1.165) is 17.9 Å². The summed E-state index contributed by atoms with van der Waals surface area (Å²) in [5, 5.41) is 3.84. The monoisotopic (exact) mass is 261 g/mol. The minimum atomic E-state index is 0.723. The summed E-state index contributed by atoms with van der Waals surface area (Å²) in [4.78, 5) is 1.50. The highest BCUT2D eigenvalue weighted by Gasteiger charge is 2.25. The van der Waals surface area contributed by atoms with Crippen LogP contribution in [0, 0.1) is 5.92 Å². The van der Waals surface area contributed by atoms with Gasteiger partial charge < -0.3 is 5.32 Å². The van der Waals surface area contributed by atoms with Crippen molar-refractivity contribution in [3.8, 4) is 0 Å². The molecular formula is C16H23NS. The van der Waals surface area contributed by atoms with Gasteiger partial charge >= 0.3 is 0 Å². The summed E-state index contributed by atoms with van der Waals surface area (Å²) in [6, 6.07) is 9.68.